The molecular formula is C14H11F4NO2. The lowest BCUT2D eigenvalue weighted by Crippen LogP contribution is -2.12. The predicted molar refractivity (Wildman–Crippen MR) is 68.1 cm³/mol. The monoisotopic (exact) mass is 301 g/mol. The van der Waals surface area contributed by atoms with Crippen LogP contribution in [0.3, 0.4) is 0 Å². The molecule has 0 aromatic heterocycles. The van der Waals surface area contributed by atoms with E-state index < -0.39 is 29.0 Å². The average Bonchev–Trinajstić information content (AvgIpc) is 2.46. The maximum atomic E-state index is 13.3. The SMILES string of the molecule is Nc1ccccc1OCCOc1c(F)c(F)cc(F)c1F. The summed E-state index contributed by atoms with van der Waals surface area (Å²) in [6, 6.07) is 6.71. The zero-order valence-corrected chi connectivity index (χ0v) is 10.7. The summed E-state index contributed by atoms with van der Waals surface area (Å²) >= 11 is 0. The van der Waals surface area contributed by atoms with Crippen molar-refractivity contribution < 1.29 is 27.0 Å². The van der Waals surface area contributed by atoms with Crippen LogP contribution >= 0.6 is 0 Å². The van der Waals surface area contributed by atoms with Crippen LogP contribution in [0, 0.1) is 23.3 Å². The highest BCUT2D eigenvalue weighted by Crippen LogP contribution is 2.26. The molecule has 0 radical (unpaired) electrons. The number of hydrogen-bond acceptors (Lipinski definition) is 3. The van der Waals surface area contributed by atoms with E-state index in [0.717, 1.165) is 0 Å². The Bertz CT molecular complexity index is 623. The lowest BCUT2D eigenvalue weighted by molar-refractivity contribution is 0.201. The number of para-hydroxylation sites is 2. The maximum absolute atomic E-state index is 13.3. The number of nitrogens with two attached hydrogens (primary N) is 1. The van der Waals surface area contributed by atoms with Gasteiger partial charge in [0.2, 0.25) is 11.6 Å². The third-order valence-electron chi connectivity index (χ3n) is 2.58. The summed E-state index contributed by atoms with van der Waals surface area (Å²) in [7, 11) is 0. The van der Waals surface area contributed by atoms with Gasteiger partial charge in [-0.25, -0.2) is 8.78 Å². The van der Waals surface area contributed by atoms with Gasteiger partial charge in [-0.05, 0) is 12.1 Å². The number of ether oxygens (including phenoxy) is 2. The molecule has 0 amide bonds. The summed E-state index contributed by atoms with van der Waals surface area (Å²) in [5, 5.41) is 0. The van der Waals surface area contributed by atoms with Gasteiger partial charge in [0.1, 0.15) is 19.0 Å². The topological polar surface area (TPSA) is 44.5 Å². The second kappa shape index (κ2) is 6.34. The van der Waals surface area contributed by atoms with Gasteiger partial charge in [0, 0.05) is 6.07 Å². The molecule has 2 rings (SSSR count). The number of benzene rings is 2. The van der Waals surface area contributed by atoms with Gasteiger partial charge in [0.25, 0.3) is 0 Å². The minimum absolute atomic E-state index is 0.106. The molecule has 0 bridgehead atoms. The van der Waals surface area contributed by atoms with Crippen molar-refractivity contribution in [3.63, 3.8) is 0 Å². The highest BCUT2D eigenvalue weighted by atomic mass is 19.2. The summed E-state index contributed by atoms with van der Waals surface area (Å²) in [4.78, 5) is 0. The van der Waals surface area contributed by atoms with Crippen molar-refractivity contribution in [2.45, 2.75) is 0 Å². The Balaban J connectivity index is 1.97. The molecule has 0 aliphatic rings. The van der Waals surface area contributed by atoms with Gasteiger partial charge in [-0.15, -0.1) is 0 Å². The van der Waals surface area contributed by atoms with Gasteiger partial charge in [-0.2, -0.15) is 8.78 Å². The lowest BCUT2D eigenvalue weighted by Gasteiger charge is -2.11. The molecule has 0 unspecified atom stereocenters. The van der Waals surface area contributed by atoms with Crippen LogP contribution in [0.4, 0.5) is 23.2 Å². The Morgan fingerprint density at radius 3 is 2.05 bits per heavy atom. The molecule has 2 aromatic rings. The van der Waals surface area contributed by atoms with Crippen molar-refractivity contribution in [3.05, 3.63) is 53.6 Å². The molecule has 0 heterocycles. The highest BCUT2D eigenvalue weighted by molar-refractivity contribution is 5.51. The van der Waals surface area contributed by atoms with Crippen LogP contribution in [0.2, 0.25) is 0 Å². The van der Waals surface area contributed by atoms with Gasteiger partial charge >= 0.3 is 0 Å². The summed E-state index contributed by atoms with van der Waals surface area (Å²) in [5.41, 5.74) is 6.00. The third kappa shape index (κ3) is 3.36. The van der Waals surface area contributed by atoms with Crippen LogP contribution < -0.4 is 15.2 Å². The summed E-state index contributed by atoms with van der Waals surface area (Å²) < 4.78 is 62.4. The number of anilines is 1. The van der Waals surface area contributed by atoms with Gasteiger partial charge < -0.3 is 15.2 Å². The highest BCUT2D eigenvalue weighted by Gasteiger charge is 2.20. The van der Waals surface area contributed by atoms with Gasteiger partial charge in [-0.1, -0.05) is 12.1 Å². The summed E-state index contributed by atoms with van der Waals surface area (Å²) in [6.45, 7) is -0.420. The van der Waals surface area contributed by atoms with Crippen LogP contribution in [0.15, 0.2) is 30.3 Å². The van der Waals surface area contributed by atoms with Gasteiger partial charge in [0.15, 0.2) is 17.4 Å². The third-order valence-corrected chi connectivity index (χ3v) is 2.58. The van der Waals surface area contributed by atoms with Crippen LogP contribution in [-0.2, 0) is 0 Å². The number of halogens is 4. The Morgan fingerprint density at radius 1 is 0.857 bits per heavy atom. The Hall–Kier alpha value is -2.44. The number of rotatable bonds is 5. The fourth-order valence-electron chi connectivity index (χ4n) is 1.59. The van der Waals surface area contributed by atoms with Crippen molar-refractivity contribution in [1.29, 1.82) is 0 Å². The zero-order chi connectivity index (χ0) is 15.4. The van der Waals surface area contributed by atoms with E-state index in [4.69, 9.17) is 15.2 Å². The molecule has 0 aliphatic carbocycles. The summed E-state index contributed by atoms with van der Waals surface area (Å²) in [6.07, 6.45) is 0. The lowest BCUT2D eigenvalue weighted by atomic mass is 10.3. The fourth-order valence-corrected chi connectivity index (χ4v) is 1.59. The van der Waals surface area contributed by atoms with Crippen LogP contribution in [-0.4, -0.2) is 13.2 Å². The smallest absolute Gasteiger partial charge is 0.203 e. The average molecular weight is 301 g/mol. The number of nitrogen functional groups attached to an aromatic ring is 1. The van der Waals surface area contributed by atoms with E-state index >= 15 is 0 Å². The second-order valence-corrected chi connectivity index (χ2v) is 4.03. The molecule has 3 nitrogen and oxygen atoms in total. The molecule has 0 atom stereocenters. The van der Waals surface area contributed by atoms with Crippen LogP contribution in [0.5, 0.6) is 11.5 Å². The van der Waals surface area contributed by atoms with E-state index in [9.17, 15) is 17.6 Å². The predicted octanol–water partition coefficient (Wildman–Crippen LogP) is 3.28. The first-order chi connectivity index (χ1) is 10.0. The molecule has 0 saturated heterocycles. The normalized spacial score (nSPS) is 10.5. The van der Waals surface area contributed by atoms with Crippen molar-refractivity contribution >= 4 is 5.69 Å². The maximum Gasteiger partial charge on any atom is 0.203 e. The van der Waals surface area contributed by atoms with Crippen LogP contribution in [0.1, 0.15) is 0 Å². The molecule has 0 saturated carbocycles. The standard InChI is InChI=1S/C14H11F4NO2/c15-8-7-9(16)13(18)14(12(8)17)21-6-5-20-11-4-2-1-3-10(11)19/h1-4,7H,5-6,19H2. The van der Waals surface area contributed by atoms with Crippen molar-refractivity contribution in [1.82, 2.24) is 0 Å². The molecule has 2 aromatic carbocycles. The van der Waals surface area contributed by atoms with E-state index in [1.54, 1.807) is 24.3 Å². The molecule has 7 heteroatoms. The zero-order valence-electron chi connectivity index (χ0n) is 10.7. The largest absolute Gasteiger partial charge is 0.488 e. The van der Waals surface area contributed by atoms with Crippen molar-refractivity contribution in [3.8, 4) is 11.5 Å². The Labute approximate surface area is 117 Å². The second-order valence-electron chi connectivity index (χ2n) is 4.03. The molecule has 112 valence electrons. The molecule has 0 spiro atoms. The molecular weight excluding hydrogens is 290 g/mol. The van der Waals surface area contributed by atoms with Gasteiger partial charge in [-0.3, -0.25) is 0 Å². The minimum atomic E-state index is -1.59. The van der Waals surface area contributed by atoms with E-state index in [-0.39, 0.29) is 19.3 Å². The minimum Gasteiger partial charge on any atom is -0.488 e. The van der Waals surface area contributed by atoms with Crippen molar-refractivity contribution in [2.24, 2.45) is 0 Å². The van der Waals surface area contributed by atoms with E-state index in [2.05, 4.69) is 0 Å². The Kier molecular flexibility index (Phi) is 4.52. The van der Waals surface area contributed by atoms with Gasteiger partial charge in [0.05, 0.1) is 5.69 Å². The Morgan fingerprint density at radius 2 is 1.43 bits per heavy atom. The molecule has 0 fully saturated rings. The first-order valence-electron chi connectivity index (χ1n) is 5.93. The summed E-state index contributed by atoms with van der Waals surface area (Å²) in [5.74, 6) is -6.99. The van der Waals surface area contributed by atoms with Crippen molar-refractivity contribution in [2.75, 3.05) is 18.9 Å². The van der Waals surface area contributed by atoms with E-state index in [1.165, 1.54) is 0 Å². The fraction of sp³-hybridized carbons (Fsp3) is 0.143. The van der Waals surface area contributed by atoms with Crippen LogP contribution in [0.25, 0.3) is 0 Å². The molecule has 2 N–H and O–H groups in total. The first kappa shape index (κ1) is 15.0. The van der Waals surface area contributed by atoms with E-state index in [0.29, 0.717) is 11.4 Å². The number of hydrogen-bond donors (Lipinski definition) is 1. The quantitative estimate of drug-likeness (QED) is 0.399. The van der Waals surface area contributed by atoms with E-state index in [1.807, 2.05) is 0 Å². The molecule has 21 heavy (non-hydrogen) atoms. The first-order valence-corrected chi connectivity index (χ1v) is 5.93. The molecule has 0 aliphatic heterocycles.